The predicted octanol–water partition coefficient (Wildman–Crippen LogP) is 3.87. The molecule has 0 aliphatic carbocycles. The van der Waals surface area contributed by atoms with Gasteiger partial charge in [0.15, 0.2) is 0 Å². The molecule has 0 N–H and O–H groups in total. The molecule has 3 rings (SSSR count). The van der Waals surface area contributed by atoms with Gasteiger partial charge in [-0.1, -0.05) is 37.3 Å². The van der Waals surface area contributed by atoms with Gasteiger partial charge in [0, 0.05) is 11.8 Å². The first-order chi connectivity index (χ1) is 8.79. The van der Waals surface area contributed by atoms with Crippen LogP contribution in [0.5, 0.6) is 0 Å². The van der Waals surface area contributed by atoms with E-state index < -0.39 is 0 Å². The maximum Gasteiger partial charge on any atom is 0.137 e. The fourth-order valence-corrected chi connectivity index (χ4v) is 2.36. The van der Waals surface area contributed by atoms with Crippen LogP contribution in [0.2, 0.25) is 0 Å². The summed E-state index contributed by atoms with van der Waals surface area (Å²) in [4.78, 5) is 4.78. The largest absolute Gasteiger partial charge is 0.303 e. The van der Waals surface area contributed by atoms with E-state index in [0.29, 0.717) is 0 Å². The minimum Gasteiger partial charge on any atom is -0.303 e. The second kappa shape index (κ2) is 4.30. The summed E-state index contributed by atoms with van der Waals surface area (Å²) in [5.41, 5.74) is 5.84. The van der Waals surface area contributed by atoms with Crippen LogP contribution in [0, 0.1) is 6.92 Å². The molecule has 0 spiro atoms. The molecule has 1 aromatic carbocycles. The molecule has 0 atom stereocenters. The van der Waals surface area contributed by atoms with E-state index in [2.05, 4.69) is 60.8 Å². The molecule has 0 aliphatic heterocycles. The lowest BCUT2D eigenvalue weighted by atomic mass is 10.1. The number of hydrogen-bond acceptors (Lipinski definition) is 1. The van der Waals surface area contributed by atoms with Crippen LogP contribution in [0.25, 0.3) is 16.9 Å². The van der Waals surface area contributed by atoms with Gasteiger partial charge in [-0.3, -0.25) is 0 Å². The van der Waals surface area contributed by atoms with Gasteiger partial charge in [0.2, 0.25) is 0 Å². The van der Waals surface area contributed by atoms with Crippen LogP contribution >= 0.6 is 0 Å². The highest BCUT2D eigenvalue weighted by molar-refractivity contribution is 5.66. The highest BCUT2D eigenvalue weighted by Crippen LogP contribution is 2.24. The summed E-state index contributed by atoms with van der Waals surface area (Å²) in [6, 6.07) is 14.7. The van der Waals surface area contributed by atoms with Crippen molar-refractivity contribution in [1.29, 1.82) is 0 Å². The average Bonchev–Trinajstić information content (AvgIpc) is 2.77. The van der Waals surface area contributed by atoms with E-state index in [4.69, 9.17) is 4.98 Å². The third kappa shape index (κ3) is 1.70. The van der Waals surface area contributed by atoms with Gasteiger partial charge in [0.25, 0.3) is 0 Å². The van der Waals surface area contributed by atoms with Crippen LogP contribution in [0.1, 0.15) is 18.2 Å². The molecule has 2 heterocycles. The zero-order valence-corrected chi connectivity index (χ0v) is 10.7. The van der Waals surface area contributed by atoms with Gasteiger partial charge in [-0.25, -0.2) is 4.98 Å². The molecule has 0 amide bonds. The molecule has 0 aliphatic rings. The predicted molar refractivity (Wildman–Crippen MR) is 74.7 cm³/mol. The normalized spacial score (nSPS) is 11.0. The number of nitrogens with zero attached hydrogens (tertiary/aromatic N) is 2. The van der Waals surface area contributed by atoms with Gasteiger partial charge >= 0.3 is 0 Å². The molecular formula is C16H16N2. The molecule has 0 fully saturated rings. The summed E-state index contributed by atoms with van der Waals surface area (Å²) in [7, 11) is 0. The number of hydrogen-bond donors (Lipinski definition) is 0. The summed E-state index contributed by atoms with van der Waals surface area (Å²) in [6.07, 6.45) is 3.09. The highest BCUT2D eigenvalue weighted by Gasteiger charge is 2.11. The molecule has 18 heavy (non-hydrogen) atoms. The SMILES string of the molecule is CCc1c(-c2ccccc2)nc2cc(C)ccn12. The Morgan fingerprint density at radius 3 is 2.61 bits per heavy atom. The summed E-state index contributed by atoms with van der Waals surface area (Å²) >= 11 is 0. The van der Waals surface area contributed by atoms with Crippen LogP contribution in [-0.2, 0) is 6.42 Å². The van der Waals surface area contributed by atoms with Crippen molar-refractivity contribution in [1.82, 2.24) is 9.38 Å². The fraction of sp³-hybridized carbons (Fsp3) is 0.188. The van der Waals surface area contributed by atoms with Gasteiger partial charge in [0.1, 0.15) is 5.65 Å². The molecule has 3 aromatic rings. The van der Waals surface area contributed by atoms with Crippen molar-refractivity contribution in [2.45, 2.75) is 20.3 Å². The van der Waals surface area contributed by atoms with Gasteiger partial charge in [-0.15, -0.1) is 0 Å². The number of imidazole rings is 1. The Bertz CT molecular complexity index is 681. The minimum atomic E-state index is 0.981. The Hall–Kier alpha value is -2.09. The summed E-state index contributed by atoms with van der Waals surface area (Å²) in [5, 5.41) is 0. The van der Waals surface area contributed by atoms with E-state index in [-0.39, 0.29) is 0 Å². The Balaban J connectivity index is 2.29. The van der Waals surface area contributed by atoms with Gasteiger partial charge in [0.05, 0.1) is 11.4 Å². The van der Waals surface area contributed by atoms with Crippen LogP contribution in [0.3, 0.4) is 0 Å². The van der Waals surface area contributed by atoms with Crippen molar-refractivity contribution in [3.8, 4) is 11.3 Å². The number of aromatic nitrogens is 2. The standard InChI is InChI=1S/C16H16N2/c1-3-14-16(13-7-5-4-6-8-13)17-15-11-12(2)9-10-18(14)15/h4-11H,3H2,1-2H3. The van der Waals surface area contributed by atoms with Crippen molar-refractivity contribution in [2.24, 2.45) is 0 Å². The molecule has 0 bridgehead atoms. The Labute approximate surface area is 107 Å². The fourth-order valence-electron chi connectivity index (χ4n) is 2.36. The van der Waals surface area contributed by atoms with Gasteiger partial charge in [-0.2, -0.15) is 0 Å². The number of benzene rings is 1. The Morgan fingerprint density at radius 2 is 1.89 bits per heavy atom. The summed E-state index contributed by atoms with van der Waals surface area (Å²) in [5.74, 6) is 0. The first kappa shape index (κ1) is 11.0. The van der Waals surface area contributed by atoms with Gasteiger partial charge < -0.3 is 4.40 Å². The first-order valence-electron chi connectivity index (χ1n) is 6.32. The van der Waals surface area contributed by atoms with Crippen molar-refractivity contribution < 1.29 is 0 Å². The van der Waals surface area contributed by atoms with Crippen molar-refractivity contribution in [3.63, 3.8) is 0 Å². The maximum atomic E-state index is 4.78. The monoisotopic (exact) mass is 236 g/mol. The van der Waals surface area contributed by atoms with E-state index >= 15 is 0 Å². The number of aryl methyl sites for hydroxylation is 2. The van der Waals surface area contributed by atoms with Crippen LogP contribution in [0.4, 0.5) is 0 Å². The summed E-state index contributed by atoms with van der Waals surface area (Å²) in [6.45, 7) is 4.28. The molecule has 0 radical (unpaired) electrons. The van der Waals surface area contributed by atoms with E-state index in [1.807, 2.05) is 6.07 Å². The number of pyridine rings is 1. The smallest absolute Gasteiger partial charge is 0.137 e. The van der Waals surface area contributed by atoms with Crippen LogP contribution in [-0.4, -0.2) is 9.38 Å². The van der Waals surface area contributed by atoms with E-state index in [1.165, 1.54) is 16.8 Å². The van der Waals surface area contributed by atoms with E-state index in [1.54, 1.807) is 0 Å². The highest BCUT2D eigenvalue weighted by atomic mass is 15.0. The zero-order chi connectivity index (χ0) is 12.5. The molecule has 0 saturated carbocycles. The lowest BCUT2D eigenvalue weighted by Gasteiger charge is -2.02. The first-order valence-corrected chi connectivity index (χ1v) is 6.32. The van der Waals surface area contributed by atoms with Crippen LogP contribution in [0.15, 0.2) is 48.7 Å². The second-order valence-electron chi connectivity index (χ2n) is 4.56. The Kier molecular flexibility index (Phi) is 2.63. The molecular weight excluding hydrogens is 220 g/mol. The molecule has 2 nitrogen and oxygen atoms in total. The zero-order valence-electron chi connectivity index (χ0n) is 10.7. The molecule has 0 unspecified atom stereocenters. The topological polar surface area (TPSA) is 17.3 Å². The quantitative estimate of drug-likeness (QED) is 0.660. The Morgan fingerprint density at radius 1 is 1.11 bits per heavy atom. The van der Waals surface area contributed by atoms with Crippen molar-refractivity contribution in [2.75, 3.05) is 0 Å². The molecule has 90 valence electrons. The van der Waals surface area contributed by atoms with Gasteiger partial charge in [-0.05, 0) is 31.0 Å². The van der Waals surface area contributed by atoms with Crippen LogP contribution < -0.4 is 0 Å². The lowest BCUT2D eigenvalue weighted by molar-refractivity contribution is 0.995. The number of fused-ring (bicyclic) bond motifs is 1. The molecule has 2 heteroatoms. The van der Waals surface area contributed by atoms with E-state index in [0.717, 1.165) is 17.8 Å². The average molecular weight is 236 g/mol. The lowest BCUT2D eigenvalue weighted by Crippen LogP contribution is -1.92. The number of rotatable bonds is 2. The van der Waals surface area contributed by atoms with Crippen molar-refractivity contribution in [3.05, 3.63) is 59.9 Å². The molecule has 0 saturated heterocycles. The maximum absolute atomic E-state index is 4.78. The van der Waals surface area contributed by atoms with E-state index in [9.17, 15) is 0 Å². The van der Waals surface area contributed by atoms with Crippen molar-refractivity contribution >= 4 is 5.65 Å². The minimum absolute atomic E-state index is 0.981. The second-order valence-corrected chi connectivity index (χ2v) is 4.56. The third-order valence-corrected chi connectivity index (χ3v) is 3.26. The summed E-state index contributed by atoms with van der Waals surface area (Å²) < 4.78 is 2.19. The molecule has 2 aromatic heterocycles. The third-order valence-electron chi connectivity index (χ3n) is 3.26.